The fourth-order valence-electron chi connectivity index (χ4n) is 2.32. The lowest BCUT2D eigenvalue weighted by molar-refractivity contribution is -0.118. The zero-order valence-corrected chi connectivity index (χ0v) is 7.21. The van der Waals surface area contributed by atoms with E-state index in [0.29, 0.717) is 17.8 Å². The van der Waals surface area contributed by atoms with Gasteiger partial charge in [0, 0.05) is 13.0 Å². The Morgan fingerprint density at radius 2 is 2.50 bits per heavy atom. The molecule has 0 aromatic rings. The van der Waals surface area contributed by atoms with Crippen molar-refractivity contribution in [2.45, 2.75) is 25.7 Å². The molecule has 3 heteroatoms. The lowest BCUT2D eigenvalue weighted by atomic mass is 9.95. The van der Waals surface area contributed by atoms with Gasteiger partial charge in [-0.15, -0.1) is 0 Å². The number of carbonyl (C=O) groups excluding carboxylic acids is 1. The predicted octanol–water partition coefficient (Wildman–Crippen LogP) is 0.678. The third kappa shape index (κ3) is 1.33. The summed E-state index contributed by atoms with van der Waals surface area (Å²) in [6, 6.07) is 0. The Labute approximate surface area is 72.3 Å². The Morgan fingerprint density at radius 1 is 1.67 bits per heavy atom. The number of hydrogen-bond acceptors (Lipinski definition) is 2. The second-order valence-electron chi connectivity index (χ2n) is 4.09. The topological polar surface area (TPSA) is 52.3 Å². The minimum Gasteiger partial charge on any atom is -0.381 e. The SMILES string of the molecule is NC(=O)CC1CC12CCCOC2. The number of nitrogens with two attached hydrogens (primary N) is 1. The van der Waals surface area contributed by atoms with E-state index >= 15 is 0 Å². The van der Waals surface area contributed by atoms with E-state index < -0.39 is 0 Å². The summed E-state index contributed by atoms with van der Waals surface area (Å²) in [7, 11) is 0. The molecular weight excluding hydrogens is 154 g/mol. The summed E-state index contributed by atoms with van der Waals surface area (Å²) in [5.74, 6) is 0.359. The standard InChI is InChI=1S/C9H15NO2/c10-8(11)4-7-5-9(7)2-1-3-12-6-9/h7H,1-6H2,(H2,10,11). The van der Waals surface area contributed by atoms with Crippen LogP contribution in [0.2, 0.25) is 0 Å². The fraction of sp³-hybridized carbons (Fsp3) is 0.889. The molecule has 0 aromatic carbocycles. The monoisotopic (exact) mass is 169 g/mol. The lowest BCUT2D eigenvalue weighted by Gasteiger charge is -2.22. The molecule has 1 saturated carbocycles. The highest BCUT2D eigenvalue weighted by Crippen LogP contribution is 2.58. The van der Waals surface area contributed by atoms with E-state index in [2.05, 4.69) is 0 Å². The van der Waals surface area contributed by atoms with Gasteiger partial charge in [0.1, 0.15) is 0 Å². The van der Waals surface area contributed by atoms with Crippen molar-refractivity contribution in [3.8, 4) is 0 Å². The van der Waals surface area contributed by atoms with Crippen molar-refractivity contribution in [3.05, 3.63) is 0 Å². The number of rotatable bonds is 2. The molecule has 1 aliphatic heterocycles. The van der Waals surface area contributed by atoms with Gasteiger partial charge in [0.25, 0.3) is 0 Å². The van der Waals surface area contributed by atoms with Crippen molar-refractivity contribution in [2.24, 2.45) is 17.1 Å². The average Bonchev–Trinajstić information content (AvgIpc) is 2.63. The lowest BCUT2D eigenvalue weighted by Crippen LogP contribution is -2.22. The zero-order valence-electron chi connectivity index (χ0n) is 7.21. The van der Waals surface area contributed by atoms with Gasteiger partial charge in [0.2, 0.25) is 5.91 Å². The van der Waals surface area contributed by atoms with Crippen molar-refractivity contribution >= 4 is 5.91 Å². The van der Waals surface area contributed by atoms with Gasteiger partial charge >= 0.3 is 0 Å². The summed E-state index contributed by atoms with van der Waals surface area (Å²) in [6.45, 7) is 1.75. The molecule has 2 unspecified atom stereocenters. The van der Waals surface area contributed by atoms with E-state index in [-0.39, 0.29) is 5.91 Å². The molecule has 68 valence electrons. The Hall–Kier alpha value is -0.570. The van der Waals surface area contributed by atoms with Crippen molar-refractivity contribution in [2.75, 3.05) is 13.2 Å². The van der Waals surface area contributed by atoms with Crippen LogP contribution < -0.4 is 5.73 Å². The normalized spacial score (nSPS) is 39.8. The first-order chi connectivity index (χ1) is 5.73. The molecule has 2 rings (SSSR count). The second kappa shape index (κ2) is 2.73. The Balaban J connectivity index is 1.86. The Morgan fingerprint density at radius 3 is 3.08 bits per heavy atom. The second-order valence-corrected chi connectivity index (χ2v) is 4.09. The van der Waals surface area contributed by atoms with Gasteiger partial charge < -0.3 is 10.5 Å². The van der Waals surface area contributed by atoms with E-state index in [1.165, 1.54) is 6.42 Å². The third-order valence-electron chi connectivity index (χ3n) is 3.16. The minimum absolute atomic E-state index is 0.164. The molecule has 1 heterocycles. The maximum absolute atomic E-state index is 10.7. The van der Waals surface area contributed by atoms with Crippen LogP contribution in [0.1, 0.15) is 25.7 Å². The predicted molar refractivity (Wildman–Crippen MR) is 44.4 cm³/mol. The van der Waals surface area contributed by atoms with Gasteiger partial charge in [-0.3, -0.25) is 4.79 Å². The Bertz CT molecular complexity index is 197. The molecular formula is C9H15NO2. The highest BCUT2D eigenvalue weighted by molar-refractivity contribution is 5.74. The number of hydrogen-bond donors (Lipinski definition) is 1. The molecule has 2 fully saturated rings. The summed E-state index contributed by atoms with van der Waals surface area (Å²) in [6.07, 6.45) is 4.08. The number of primary amides is 1. The van der Waals surface area contributed by atoms with Crippen LogP contribution in [0, 0.1) is 11.3 Å². The van der Waals surface area contributed by atoms with Gasteiger partial charge in [-0.1, -0.05) is 0 Å². The smallest absolute Gasteiger partial charge is 0.217 e. The van der Waals surface area contributed by atoms with E-state index in [1.807, 2.05) is 0 Å². The molecule has 2 atom stereocenters. The molecule has 2 N–H and O–H groups in total. The zero-order chi connectivity index (χ0) is 8.60. The van der Waals surface area contributed by atoms with E-state index in [1.54, 1.807) is 0 Å². The summed E-state index contributed by atoms with van der Waals surface area (Å²) < 4.78 is 5.41. The fourth-order valence-corrected chi connectivity index (χ4v) is 2.32. The first kappa shape index (κ1) is 8.05. The molecule has 1 saturated heterocycles. The maximum Gasteiger partial charge on any atom is 0.217 e. The molecule has 12 heavy (non-hydrogen) atoms. The van der Waals surface area contributed by atoms with Crippen molar-refractivity contribution in [3.63, 3.8) is 0 Å². The molecule has 3 nitrogen and oxygen atoms in total. The quantitative estimate of drug-likeness (QED) is 0.660. The van der Waals surface area contributed by atoms with Crippen molar-refractivity contribution < 1.29 is 9.53 Å². The first-order valence-corrected chi connectivity index (χ1v) is 4.59. The van der Waals surface area contributed by atoms with Crippen LogP contribution in [0.4, 0.5) is 0 Å². The van der Waals surface area contributed by atoms with E-state index in [4.69, 9.17) is 10.5 Å². The molecule has 1 spiro atoms. The summed E-state index contributed by atoms with van der Waals surface area (Å²) >= 11 is 0. The van der Waals surface area contributed by atoms with Gasteiger partial charge in [-0.25, -0.2) is 0 Å². The number of amides is 1. The molecule has 0 bridgehead atoms. The highest BCUT2D eigenvalue weighted by atomic mass is 16.5. The van der Waals surface area contributed by atoms with Crippen LogP contribution in [-0.2, 0) is 9.53 Å². The molecule has 0 aromatic heterocycles. The number of ether oxygens (including phenoxy) is 1. The first-order valence-electron chi connectivity index (χ1n) is 4.59. The van der Waals surface area contributed by atoms with Gasteiger partial charge in [0.05, 0.1) is 6.61 Å². The van der Waals surface area contributed by atoms with Crippen LogP contribution in [0.3, 0.4) is 0 Å². The molecule has 1 amide bonds. The molecule has 2 aliphatic rings. The third-order valence-corrected chi connectivity index (χ3v) is 3.16. The highest BCUT2D eigenvalue weighted by Gasteiger charge is 2.54. The van der Waals surface area contributed by atoms with Crippen molar-refractivity contribution in [1.29, 1.82) is 0 Å². The number of carbonyl (C=O) groups is 1. The largest absolute Gasteiger partial charge is 0.381 e. The average molecular weight is 169 g/mol. The van der Waals surface area contributed by atoms with Crippen LogP contribution in [0.25, 0.3) is 0 Å². The summed E-state index contributed by atoms with van der Waals surface area (Å²) in [4.78, 5) is 10.7. The van der Waals surface area contributed by atoms with Crippen LogP contribution in [0.5, 0.6) is 0 Å². The van der Waals surface area contributed by atoms with Gasteiger partial charge in [-0.05, 0) is 30.6 Å². The van der Waals surface area contributed by atoms with Crippen molar-refractivity contribution in [1.82, 2.24) is 0 Å². The minimum atomic E-state index is -0.164. The van der Waals surface area contributed by atoms with Crippen LogP contribution >= 0.6 is 0 Å². The Kier molecular flexibility index (Phi) is 1.83. The van der Waals surface area contributed by atoms with Gasteiger partial charge in [-0.2, -0.15) is 0 Å². The molecule has 1 aliphatic carbocycles. The maximum atomic E-state index is 10.7. The summed E-state index contributed by atoms with van der Waals surface area (Å²) in [5, 5.41) is 0. The molecule has 0 radical (unpaired) electrons. The summed E-state index contributed by atoms with van der Waals surface area (Å²) in [5.41, 5.74) is 5.50. The van der Waals surface area contributed by atoms with E-state index in [0.717, 1.165) is 26.1 Å². The van der Waals surface area contributed by atoms with Crippen LogP contribution in [-0.4, -0.2) is 19.1 Å². The van der Waals surface area contributed by atoms with E-state index in [9.17, 15) is 4.79 Å². The van der Waals surface area contributed by atoms with Crippen LogP contribution in [0.15, 0.2) is 0 Å². The van der Waals surface area contributed by atoms with Gasteiger partial charge in [0.15, 0.2) is 0 Å².